The van der Waals surface area contributed by atoms with Crippen LogP contribution >= 0.6 is 0 Å². The van der Waals surface area contributed by atoms with Crippen molar-refractivity contribution in [2.24, 2.45) is 0 Å². The van der Waals surface area contributed by atoms with Gasteiger partial charge >= 0.3 is 5.97 Å². The molecule has 1 aliphatic heterocycles. The number of hydrogen-bond donors (Lipinski definition) is 1. The molecule has 0 saturated carbocycles. The first-order valence-electron chi connectivity index (χ1n) is 6.39. The normalized spacial score (nSPS) is 18.8. The van der Waals surface area contributed by atoms with Crippen LogP contribution in [0.3, 0.4) is 0 Å². The maximum absolute atomic E-state index is 10.8. The minimum absolute atomic E-state index is 0.231. The summed E-state index contributed by atoms with van der Waals surface area (Å²) in [5, 5.41) is 8.86. The minimum Gasteiger partial charge on any atom is -0.478 e. The number of rotatable bonds is 6. The molecule has 104 valence electrons. The molecular weight excluding hydrogens is 246 g/mol. The average molecular weight is 265 g/mol. The van der Waals surface area contributed by atoms with Gasteiger partial charge in [-0.05, 0) is 30.7 Å². The Kier molecular flexibility index (Phi) is 4.76. The smallest absolute Gasteiger partial charge is 0.335 e. The fourth-order valence-electron chi connectivity index (χ4n) is 2.21. The van der Waals surface area contributed by atoms with E-state index in [1.807, 2.05) is 12.1 Å². The number of carbonyl (C=O) groups is 1. The molecule has 1 aromatic rings. The van der Waals surface area contributed by atoms with Gasteiger partial charge in [0.05, 0.1) is 24.9 Å². The fourth-order valence-corrected chi connectivity index (χ4v) is 2.21. The van der Waals surface area contributed by atoms with Crippen molar-refractivity contribution < 1.29 is 19.4 Å². The standard InChI is InChI=1S/C14H19NO4/c1-18-8-9-19-13-6-7-15(10-13)12-4-2-11(3-5-12)14(16)17/h2-5,13H,6-10H2,1H3,(H,16,17). The lowest BCUT2D eigenvalue weighted by Crippen LogP contribution is -2.23. The van der Waals surface area contributed by atoms with Crippen LogP contribution in [0.2, 0.25) is 0 Å². The molecule has 1 heterocycles. The molecule has 1 aromatic carbocycles. The molecule has 1 aliphatic rings. The summed E-state index contributed by atoms with van der Waals surface area (Å²) in [6, 6.07) is 6.97. The van der Waals surface area contributed by atoms with E-state index in [1.165, 1.54) is 0 Å². The van der Waals surface area contributed by atoms with E-state index in [4.69, 9.17) is 14.6 Å². The SMILES string of the molecule is COCCOC1CCN(c2ccc(C(=O)O)cc2)C1. The molecule has 0 aliphatic carbocycles. The van der Waals surface area contributed by atoms with Gasteiger partial charge in [-0.15, -0.1) is 0 Å². The number of methoxy groups -OCH3 is 1. The molecule has 2 rings (SSSR count). The Hall–Kier alpha value is -1.59. The summed E-state index contributed by atoms with van der Waals surface area (Å²) in [5.74, 6) is -0.895. The number of ether oxygens (including phenoxy) is 2. The van der Waals surface area contributed by atoms with Crippen LogP contribution in [0, 0.1) is 0 Å². The van der Waals surface area contributed by atoms with Crippen molar-refractivity contribution in [1.29, 1.82) is 0 Å². The van der Waals surface area contributed by atoms with E-state index in [2.05, 4.69) is 4.90 Å². The van der Waals surface area contributed by atoms with Crippen molar-refractivity contribution >= 4 is 11.7 Å². The predicted octanol–water partition coefficient (Wildman–Crippen LogP) is 1.63. The number of hydrogen-bond acceptors (Lipinski definition) is 4. The average Bonchev–Trinajstić information content (AvgIpc) is 2.88. The Morgan fingerprint density at radius 1 is 1.37 bits per heavy atom. The van der Waals surface area contributed by atoms with Crippen molar-refractivity contribution in [3.05, 3.63) is 29.8 Å². The quantitative estimate of drug-likeness (QED) is 0.792. The largest absolute Gasteiger partial charge is 0.478 e. The lowest BCUT2D eigenvalue weighted by atomic mass is 10.2. The summed E-state index contributed by atoms with van der Waals surface area (Å²) in [7, 11) is 1.66. The van der Waals surface area contributed by atoms with E-state index in [0.29, 0.717) is 18.8 Å². The van der Waals surface area contributed by atoms with E-state index < -0.39 is 5.97 Å². The van der Waals surface area contributed by atoms with Crippen LogP contribution < -0.4 is 4.90 Å². The van der Waals surface area contributed by atoms with Gasteiger partial charge in [-0.1, -0.05) is 0 Å². The molecule has 19 heavy (non-hydrogen) atoms. The van der Waals surface area contributed by atoms with Gasteiger partial charge in [0.1, 0.15) is 0 Å². The number of aromatic carboxylic acids is 1. The molecule has 0 spiro atoms. The maximum Gasteiger partial charge on any atom is 0.335 e. The highest BCUT2D eigenvalue weighted by Crippen LogP contribution is 2.22. The topological polar surface area (TPSA) is 59.0 Å². The number of carboxylic acids is 1. The third-order valence-electron chi connectivity index (χ3n) is 3.27. The van der Waals surface area contributed by atoms with Crippen molar-refractivity contribution in [3.63, 3.8) is 0 Å². The summed E-state index contributed by atoms with van der Waals surface area (Å²) in [6.45, 7) is 3.01. The van der Waals surface area contributed by atoms with Crippen LogP contribution in [0.1, 0.15) is 16.8 Å². The zero-order valence-corrected chi connectivity index (χ0v) is 11.0. The van der Waals surface area contributed by atoms with Gasteiger partial charge in [-0.2, -0.15) is 0 Å². The fraction of sp³-hybridized carbons (Fsp3) is 0.500. The van der Waals surface area contributed by atoms with Crippen molar-refractivity contribution in [1.82, 2.24) is 0 Å². The highest BCUT2D eigenvalue weighted by molar-refractivity contribution is 5.88. The third kappa shape index (κ3) is 3.68. The lowest BCUT2D eigenvalue weighted by molar-refractivity contribution is 0.0280. The van der Waals surface area contributed by atoms with Gasteiger partial charge in [0.15, 0.2) is 0 Å². The van der Waals surface area contributed by atoms with Crippen LogP contribution in [0.5, 0.6) is 0 Å². The summed E-state index contributed by atoms with van der Waals surface area (Å²) < 4.78 is 10.7. The Balaban J connectivity index is 1.88. The van der Waals surface area contributed by atoms with Gasteiger partial charge in [0.2, 0.25) is 0 Å². The molecule has 0 radical (unpaired) electrons. The third-order valence-corrected chi connectivity index (χ3v) is 3.27. The molecule has 0 aromatic heterocycles. The summed E-state index contributed by atoms with van der Waals surface area (Å²) in [4.78, 5) is 13.0. The maximum atomic E-state index is 10.8. The highest BCUT2D eigenvalue weighted by Gasteiger charge is 2.23. The Labute approximate surface area is 112 Å². The second-order valence-corrected chi connectivity index (χ2v) is 4.57. The van der Waals surface area contributed by atoms with Crippen molar-refractivity contribution in [2.45, 2.75) is 12.5 Å². The van der Waals surface area contributed by atoms with Gasteiger partial charge in [0.25, 0.3) is 0 Å². The minimum atomic E-state index is -0.895. The summed E-state index contributed by atoms with van der Waals surface area (Å²) in [6.07, 6.45) is 1.22. The molecular formula is C14H19NO4. The van der Waals surface area contributed by atoms with Crippen LogP contribution in [0.15, 0.2) is 24.3 Å². The Morgan fingerprint density at radius 3 is 2.74 bits per heavy atom. The monoisotopic (exact) mass is 265 g/mol. The van der Waals surface area contributed by atoms with Gasteiger partial charge in [-0.3, -0.25) is 0 Å². The van der Waals surface area contributed by atoms with Crippen LogP contribution in [-0.2, 0) is 9.47 Å². The molecule has 1 atom stereocenters. The second kappa shape index (κ2) is 6.54. The van der Waals surface area contributed by atoms with Crippen LogP contribution in [0.25, 0.3) is 0 Å². The number of nitrogens with zero attached hydrogens (tertiary/aromatic N) is 1. The van der Waals surface area contributed by atoms with E-state index in [-0.39, 0.29) is 6.10 Å². The molecule has 1 unspecified atom stereocenters. The Morgan fingerprint density at radius 2 is 2.11 bits per heavy atom. The molecule has 1 fully saturated rings. The van der Waals surface area contributed by atoms with Gasteiger partial charge in [-0.25, -0.2) is 4.79 Å². The zero-order valence-electron chi connectivity index (χ0n) is 11.0. The Bertz CT molecular complexity index is 418. The first-order chi connectivity index (χ1) is 9.20. The van der Waals surface area contributed by atoms with Gasteiger partial charge in [0, 0.05) is 25.9 Å². The molecule has 1 saturated heterocycles. The number of carboxylic acid groups (broad SMARTS) is 1. The summed E-state index contributed by atoms with van der Waals surface area (Å²) >= 11 is 0. The second-order valence-electron chi connectivity index (χ2n) is 4.57. The molecule has 5 nitrogen and oxygen atoms in total. The van der Waals surface area contributed by atoms with Gasteiger partial charge < -0.3 is 19.5 Å². The van der Waals surface area contributed by atoms with Crippen LogP contribution in [0.4, 0.5) is 5.69 Å². The summed E-state index contributed by atoms with van der Waals surface area (Å²) in [5.41, 5.74) is 1.36. The molecule has 5 heteroatoms. The van der Waals surface area contributed by atoms with E-state index >= 15 is 0 Å². The van der Waals surface area contributed by atoms with E-state index in [1.54, 1.807) is 19.2 Å². The number of benzene rings is 1. The van der Waals surface area contributed by atoms with Crippen molar-refractivity contribution in [2.75, 3.05) is 38.3 Å². The van der Waals surface area contributed by atoms with Crippen molar-refractivity contribution in [3.8, 4) is 0 Å². The first kappa shape index (κ1) is 13.8. The first-order valence-corrected chi connectivity index (χ1v) is 6.39. The highest BCUT2D eigenvalue weighted by atomic mass is 16.5. The molecule has 1 N–H and O–H groups in total. The zero-order chi connectivity index (χ0) is 13.7. The molecule has 0 amide bonds. The molecule has 0 bridgehead atoms. The lowest BCUT2D eigenvalue weighted by Gasteiger charge is -2.18. The predicted molar refractivity (Wildman–Crippen MR) is 71.8 cm³/mol. The van der Waals surface area contributed by atoms with E-state index in [9.17, 15) is 4.79 Å². The van der Waals surface area contributed by atoms with E-state index in [0.717, 1.165) is 25.2 Å². The number of anilines is 1. The van der Waals surface area contributed by atoms with Crippen LogP contribution in [-0.4, -0.2) is 50.6 Å².